The molecule has 0 saturated heterocycles. The molecular formula is C32H40N2. The van der Waals surface area contributed by atoms with E-state index < -0.39 is 0 Å². The smallest absolute Gasteiger partial charge is 0.0626 e. The quantitative estimate of drug-likeness (QED) is 0.305. The minimum Gasteiger partial charge on any atom is -0.261 e. The minimum absolute atomic E-state index is 0.109. The van der Waals surface area contributed by atoms with Gasteiger partial charge in [-0.05, 0) is 58.4 Å². The molecule has 0 spiro atoms. The molecule has 0 heterocycles. The van der Waals surface area contributed by atoms with Crippen LogP contribution in [-0.2, 0) is 10.8 Å². The lowest BCUT2D eigenvalue weighted by atomic mass is 9.73. The van der Waals surface area contributed by atoms with E-state index in [-0.39, 0.29) is 10.8 Å². The van der Waals surface area contributed by atoms with E-state index in [1.165, 1.54) is 22.3 Å². The van der Waals surface area contributed by atoms with Crippen molar-refractivity contribution < 1.29 is 0 Å². The highest BCUT2D eigenvalue weighted by Crippen LogP contribution is 2.37. The van der Waals surface area contributed by atoms with E-state index in [9.17, 15) is 0 Å². The Hall–Kier alpha value is -3.00. The first-order chi connectivity index (χ1) is 16.0. The van der Waals surface area contributed by atoms with Gasteiger partial charge in [0.15, 0.2) is 0 Å². The standard InChI is InChI=1S/C32H40N2/c1-23(2)21-33-29-16-12-25(13-17-29)31(5,6)27-10-9-11-28(20-27)32(7,8)26-14-18-30(19-15-26)34-22-24(3)4/h9-24H,1-8H3. The number of nitrogens with zero attached hydrogens (tertiary/aromatic N) is 2. The summed E-state index contributed by atoms with van der Waals surface area (Å²) in [6.45, 7) is 17.8. The Morgan fingerprint density at radius 3 is 1.21 bits per heavy atom. The molecule has 2 nitrogen and oxygen atoms in total. The van der Waals surface area contributed by atoms with Gasteiger partial charge in [0, 0.05) is 23.3 Å². The van der Waals surface area contributed by atoms with E-state index in [2.05, 4.69) is 138 Å². The van der Waals surface area contributed by atoms with Gasteiger partial charge in [-0.15, -0.1) is 0 Å². The van der Waals surface area contributed by atoms with Crippen LogP contribution in [0.2, 0.25) is 0 Å². The summed E-state index contributed by atoms with van der Waals surface area (Å²) in [6.07, 6.45) is 3.99. The van der Waals surface area contributed by atoms with Crippen LogP contribution in [-0.4, -0.2) is 12.4 Å². The van der Waals surface area contributed by atoms with Gasteiger partial charge in [-0.2, -0.15) is 0 Å². The highest BCUT2D eigenvalue weighted by Gasteiger charge is 2.27. The molecule has 0 N–H and O–H groups in total. The molecule has 0 saturated carbocycles. The average molecular weight is 453 g/mol. The molecule has 178 valence electrons. The lowest BCUT2D eigenvalue weighted by Crippen LogP contribution is -2.22. The molecule has 0 radical (unpaired) electrons. The van der Waals surface area contributed by atoms with Gasteiger partial charge in [-0.3, -0.25) is 9.98 Å². The van der Waals surface area contributed by atoms with E-state index in [0.29, 0.717) is 11.8 Å². The molecule has 0 aliphatic heterocycles. The Bertz CT molecular complexity index is 1040. The molecule has 3 rings (SSSR count). The van der Waals surface area contributed by atoms with E-state index >= 15 is 0 Å². The summed E-state index contributed by atoms with van der Waals surface area (Å²) in [5, 5.41) is 0. The Morgan fingerprint density at radius 2 is 0.882 bits per heavy atom. The van der Waals surface area contributed by atoms with Crippen LogP contribution in [0.5, 0.6) is 0 Å². The fraction of sp³-hybridized carbons (Fsp3) is 0.375. The summed E-state index contributed by atoms with van der Waals surface area (Å²) >= 11 is 0. The highest BCUT2D eigenvalue weighted by molar-refractivity contribution is 5.66. The lowest BCUT2D eigenvalue weighted by Gasteiger charge is -2.31. The summed E-state index contributed by atoms with van der Waals surface area (Å²) < 4.78 is 0. The van der Waals surface area contributed by atoms with Gasteiger partial charge < -0.3 is 0 Å². The second-order valence-corrected chi connectivity index (χ2v) is 11.0. The number of aliphatic imine (C=N–C) groups is 2. The largest absolute Gasteiger partial charge is 0.261 e. The molecular weight excluding hydrogens is 412 g/mol. The van der Waals surface area contributed by atoms with Gasteiger partial charge >= 0.3 is 0 Å². The zero-order chi connectivity index (χ0) is 24.9. The third kappa shape index (κ3) is 6.11. The molecule has 0 aliphatic carbocycles. The molecule has 0 aliphatic rings. The zero-order valence-electron chi connectivity index (χ0n) is 22.1. The number of hydrogen-bond acceptors (Lipinski definition) is 2. The van der Waals surface area contributed by atoms with Crippen molar-refractivity contribution >= 4 is 23.8 Å². The fourth-order valence-corrected chi connectivity index (χ4v) is 4.03. The van der Waals surface area contributed by atoms with Crippen molar-refractivity contribution in [3.63, 3.8) is 0 Å². The normalized spacial score (nSPS) is 13.0. The molecule has 2 heteroatoms. The Morgan fingerprint density at radius 1 is 0.529 bits per heavy atom. The Labute approximate surface area is 206 Å². The number of rotatable bonds is 8. The van der Waals surface area contributed by atoms with Crippen LogP contribution in [0.3, 0.4) is 0 Å². The first-order valence-electron chi connectivity index (χ1n) is 12.4. The summed E-state index contributed by atoms with van der Waals surface area (Å²) in [6, 6.07) is 26.4. The summed E-state index contributed by atoms with van der Waals surface area (Å²) in [5.74, 6) is 0.900. The molecule has 0 amide bonds. The van der Waals surface area contributed by atoms with E-state index in [1.807, 2.05) is 12.4 Å². The summed E-state index contributed by atoms with van der Waals surface area (Å²) in [4.78, 5) is 9.15. The molecule has 0 fully saturated rings. The molecule has 0 atom stereocenters. The molecule has 0 aromatic heterocycles. The zero-order valence-corrected chi connectivity index (χ0v) is 22.1. The molecule has 3 aromatic carbocycles. The third-order valence-electron chi connectivity index (χ3n) is 6.53. The van der Waals surface area contributed by atoms with Crippen LogP contribution in [0, 0.1) is 11.8 Å². The van der Waals surface area contributed by atoms with Crippen molar-refractivity contribution in [2.24, 2.45) is 21.8 Å². The predicted octanol–water partition coefficient (Wildman–Crippen LogP) is 9.06. The second-order valence-electron chi connectivity index (χ2n) is 11.0. The van der Waals surface area contributed by atoms with Gasteiger partial charge in [0.1, 0.15) is 0 Å². The fourth-order valence-electron chi connectivity index (χ4n) is 4.03. The average Bonchev–Trinajstić information content (AvgIpc) is 2.82. The topological polar surface area (TPSA) is 24.7 Å². The maximum absolute atomic E-state index is 4.57. The summed E-state index contributed by atoms with van der Waals surface area (Å²) in [7, 11) is 0. The molecule has 3 aromatic rings. The van der Waals surface area contributed by atoms with Crippen molar-refractivity contribution in [3.05, 3.63) is 95.1 Å². The van der Waals surface area contributed by atoms with Crippen LogP contribution in [0.4, 0.5) is 11.4 Å². The first kappa shape index (κ1) is 25.6. The van der Waals surface area contributed by atoms with Crippen molar-refractivity contribution in [3.8, 4) is 0 Å². The van der Waals surface area contributed by atoms with Gasteiger partial charge in [-0.1, -0.05) is 104 Å². The van der Waals surface area contributed by atoms with E-state index in [1.54, 1.807) is 0 Å². The number of hydrogen-bond donors (Lipinski definition) is 0. The van der Waals surface area contributed by atoms with Crippen molar-refractivity contribution in [2.45, 2.75) is 66.2 Å². The van der Waals surface area contributed by atoms with Crippen molar-refractivity contribution in [2.75, 3.05) is 0 Å². The Kier molecular flexibility index (Phi) is 7.92. The highest BCUT2D eigenvalue weighted by atomic mass is 14.7. The third-order valence-corrected chi connectivity index (χ3v) is 6.53. The van der Waals surface area contributed by atoms with Crippen molar-refractivity contribution in [1.29, 1.82) is 0 Å². The van der Waals surface area contributed by atoms with Crippen LogP contribution < -0.4 is 0 Å². The van der Waals surface area contributed by atoms with Crippen LogP contribution >= 0.6 is 0 Å². The van der Waals surface area contributed by atoms with E-state index in [0.717, 1.165) is 11.4 Å². The van der Waals surface area contributed by atoms with Gasteiger partial charge in [0.25, 0.3) is 0 Å². The maximum Gasteiger partial charge on any atom is 0.0626 e. The minimum atomic E-state index is -0.109. The first-order valence-corrected chi connectivity index (χ1v) is 12.4. The lowest BCUT2D eigenvalue weighted by molar-refractivity contribution is 0.617. The SMILES string of the molecule is CC(C)C=Nc1ccc(C(C)(C)c2cccc(C(C)(C)c3ccc(N=CC(C)C)cc3)c2)cc1. The predicted molar refractivity (Wildman–Crippen MR) is 150 cm³/mol. The van der Waals surface area contributed by atoms with Crippen LogP contribution in [0.15, 0.2) is 82.8 Å². The van der Waals surface area contributed by atoms with Gasteiger partial charge in [0.2, 0.25) is 0 Å². The van der Waals surface area contributed by atoms with E-state index in [4.69, 9.17) is 0 Å². The van der Waals surface area contributed by atoms with Gasteiger partial charge in [-0.25, -0.2) is 0 Å². The Balaban J connectivity index is 1.88. The number of benzene rings is 3. The molecule has 0 bridgehead atoms. The monoisotopic (exact) mass is 452 g/mol. The van der Waals surface area contributed by atoms with Crippen molar-refractivity contribution in [1.82, 2.24) is 0 Å². The molecule has 34 heavy (non-hydrogen) atoms. The van der Waals surface area contributed by atoms with Crippen LogP contribution in [0.1, 0.15) is 77.6 Å². The second kappa shape index (κ2) is 10.5. The van der Waals surface area contributed by atoms with Crippen LogP contribution in [0.25, 0.3) is 0 Å². The van der Waals surface area contributed by atoms with Gasteiger partial charge in [0.05, 0.1) is 11.4 Å². The summed E-state index contributed by atoms with van der Waals surface area (Å²) in [5.41, 5.74) is 7.00. The maximum atomic E-state index is 4.57. The molecule has 0 unspecified atom stereocenters.